The molecular formula is C21H43IN4O. The van der Waals surface area contributed by atoms with E-state index >= 15 is 0 Å². The van der Waals surface area contributed by atoms with Crippen LogP contribution in [0.3, 0.4) is 0 Å². The van der Waals surface area contributed by atoms with Crippen LogP contribution in [-0.2, 0) is 4.74 Å². The van der Waals surface area contributed by atoms with Gasteiger partial charge in [-0.2, -0.15) is 0 Å². The molecule has 2 heterocycles. The third-order valence-electron chi connectivity index (χ3n) is 5.81. The van der Waals surface area contributed by atoms with Crippen molar-refractivity contribution in [1.82, 2.24) is 15.5 Å². The van der Waals surface area contributed by atoms with Gasteiger partial charge >= 0.3 is 0 Å². The van der Waals surface area contributed by atoms with Crippen LogP contribution in [0.2, 0.25) is 0 Å². The predicted molar refractivity (Wildman–Crippen MR) is 126 cm³/mol. The molecule has 0 amide bonds. The van der Waals surface area contributed by atoms with Gasteiger partial charge in [-0.3, -0.25) is 4.99 Å². The first-order valence-corrected chi connectivity index (χ1v) is 10.7. The van der Waals surface area contributed by atoms with Crippen LogP contribution in [0.25, 0.3) is 0 Å². The number of ether oxygens (including phenoxy) is 1. The molecule has 0 aromatic rings. The minimum Gasteiger partial charge on any atom is -0.377 e. The monoisotopic (exact) mass is 494 g/mol. The van der Waals surface area contributed by atoms with Gasteiger partial charge in [-0.15, -0.1) is 24.0 Å². The molecule has 2 N–H and O–H groups in total. The first-order valence-electron chi connectivity index (χ1n) is 10.7. The predicted octanol–water partition coefficient (Wildman–Crippen LogP) is 3.88. The average Bonchev–Trinajstić information content (AvgIpc) is 2.64. The van der Waals surface area contributed by atoms with Crippen molar-refractivity contribution >= 4 is 29.9 Å². The molecule has 6 heteroatoms. The van der Waals surface area contributed by atoms with E-state index in [4.69, 9.17) is 4.74 Å². The summed E-state index contributed by atoms with van der Waals surface area (Å²) in [7, 11) is 1.88. The Balaban J connectivity index is 0.00000364. The molecule has 0 aromatic heterocycles. The minimum atomic E-state index is 0. The first kappa shape index (κ1) is 25.0. The van der Waals surface area contributed by atoms with Gasteiger partial charge in [-0.1, -0.05) is 34.1 Å². The molecule has 2 aliphatic heterocycles. The number of guanidine groups is 1. The second-order valence-electron chi connectivity index (χ2n) is 9.13. The Hall–Kier alpha value is -0.0800. The SMILES string of the molecule is CCCCN1CCC(NC(=NC)NCC2CCCOC2C(C)(C)C)CC1.I. The zero-order valence-corrected chi connectivity index (χ0v) is 20.6. The zero-order chi connectivity index (χ0) is 19.0. The fourth-order valence-corrected chi connectivity index (χ4v) is 4.31. The Kier molecular flexibility index (Phi) is 11.5. The highest BCUT2D eigenvalue weighted by Gasteiger charge is 2.35. The van der Waals surface area contributed by atoms with Crippen molar-refractivity contribution in [3.63, 3.8) is 0 Å². The normalized spacial score (nSPS) is 25.7. The van der Waals surface area contributed by atoms with Crippen LogP contribution in [0.5, 0.6) is 0 Å². The van der Waals surface area contributed by atoms with E-state index in [1.165, 1.54) is 58.2 Å². The fourth-order valence-electron chi connectivity index (χ4n) is 4.31. The Morgan fingerprint density at radius 3 is 2.48 bits per heavy atom. The van der Waals surface area contributed by atoms with Crippen LogP contribution in [0, 0.1) is 11.3 Å². The molecule has 2 rings (SSSR count). The molecule has 0 saturated carbocycles. The number of piperidine rings is 1. The van der Waals surface area contributed by atoms with Crippen molar-refractivity contribution in [1.29, 1.82) is 0 Å². The minimum absolute atomic E-state index is 0. The van der Waals surface area contributed by atoms with Gasteiger partial charge in [0.15, 0.2) is 5.96 Å². The highest BCUT2D eigenvalue weighted by atomic mass is 127. The van der Waals surface area contributed by atoms with Crippen LogP contribution in [-0.4, -0.2) is 62.8 Å². The number of rotatable bonds is 6. The molecule has 160 valence electrons. The summed E-state index contributed by atoms with van der Waals surface area (Å²) in [4.78, 5) is 7.06. The van der Waals surface area contributed by atoms with Gasteiger partial charge in [0.1, 0.15) is 0 Å². The number of nitrogens with zero attached hydrogens (tertiary/aromatic N) is 2. The largest absolute Gasteiger partial charge is 0.377 e. The maximum Gasteiger partial charge on any atom is 0.191 e. The van der Waals surface area contributed by atoms with E-state index < -0.39 is 0 Å². The van der Waals surface area contributed by atoms with Crippen LogP contribution in [0.1, 0.15) is 66.2 Å². The Morgan fingerprint density at radius 1 is 1.19 bits per heavy atom. The summed E-state index contributed by atoms with van der Waals surface area (Å²) in [6, 6.07) is 0.542. The fraction of sp³-hybridized carbons (Fsp3) is 0.952. The molecular weight excluding hydrogens is 451 g/mol. The van der Waals surface area contributed by atoms with E-state index in [0.717, 1.165) is 19.1 Å². The molecule has 2 unspecified atom stereocenters. The Morgan fingerprint density at radius 2 is 1.89 bits per heavy atom. The highest BCUT2D eigenvalue weighted by Crippen LogP contribution is 2.33. The Labute approximate surface area is 184 Å². The van der Waals surface area contributed by atoms with E-state index in [-0.39, 0.29) is 29.4 Å². The highest BCUT2D eigenvalue weighted by molar-refractivity contribution is 14.0. The number of aliphatic imine (C=N–C) groups is 1. The topological polar surface area (TPSA) is 48.9 Å². The van der Waals surface area contributed by atoms with Gasteiger partial charge in [-0.25, -0.2) is 0 Å². The van der Waals surface area contributed by atoms with Crippen molar-refractivity contribution in [3.05, 3.63) is 0 Å². The van der Waals surface area contributed by atoms with E-state index in [1.54, 1.807) is 0 Å². The third kappa shape index (κ3) is 8.44. The number of hydrogen-bond acceptors (Lipinski definition) is 3. The molecule has 2 atom stereocenters. The Bertz CT molecular complexity index is 430. The van der Waals surface area contributed by atoms with E-state index in [0.29, 0.717) is 18.1 Å². The zero-order valence-electron chi connectivity index (χ0n) is 18.2. The van der Waals surface area contributed by atoms with E-state index in [2.05, 4.69) is 48.2 Å². The molecule has 0 radical (unpaired) electrons. The number of likely N-dealkylation sites (tertiary alicyclic amines) is 1. The number of halogens is 1. The first-order chi connectivity index (χ1) is 12.4. The van der Waals surface area contributed by atoms with Gasteiger partial charge < -0.3 is 20.3 Å². The van der Waals surface area contributed by atoms with Crippen LogP contribution >= 0.6 is 24.0 Å². The van der Waals surface area contributed by atoms with Crippen molar-refractivity contribution < 1.29 is 4.74 Å². The van der Waals surface area contributed by atoms with Crippen molar-refractivity contribution in [3.8, 4) is 0 Å². The molecule has 2 fully saturated rings. The molecule has 0 spiro atoms. The van der Waals surface area contributed by atoms with E-state index in [1.807, 2.05) is 7.05 Å². The van der Waals surface area contributed by atoms with Crippen LogP contribution in [0.15, 0.2) is 4.99 Å². The third-order valence-corrected chi connectivity index (χ3v) is 5.81. The van der Waals surface area contributed by atoms with Crippen molar-refractivity contribution in [2.45, 2.75) is 78.4 Å². The molecule has 2 saturated heterocycles. The summed E-state index contributed by atoms with van der Waals surface area (Å²) in [5.41, 5.74) is 0.190. The summed E-state index contributed by atoms with van der Waals surface area (Å²) in [6.07, 6.45) is 7.75. The van der Waals surface area contributed by atoms with Crippen molar-refractivity contribution in [2.24, 2.45) is 16.3 Å². The summed E-state index contributed by atoms with van der Waals surface area (Å²) < 4.78 is 6.11. The van der Waals surface area contributed by atoms with Gasteiger partial charge in [-0.05, 0) is 44.1 Å². The van der Waals surface area contributed by atoms with Gasteiger partial charge in [0.2, 0.25) is 0 Å². The van der Waals surface area contributed by atoms with Crippen molar-refractivity contribution in [2.75, 3.05) is 39.8 Å². The van der Waals surface area contributed by atoms with Gasteiger partial charge in [0.05, 0.1) is 6.10 Å². The quantitative estimate of drug-likeness (QED) is 0.335. The van der Waals surface area contributed by atoms with Crippen LogP contribution in [0.4, 0.5) is 0 Å². The number of hydrogen-bond donors (Lipinski definition) is 2. The molecule has 0 bridgehead atoms. The van der Waals surface area contributed by atoms with Gasteiger partial charge in [0.25, 0.3) is 0 Å². The lowest BCUT2D eigenvalue weighted by Crippen LogP contribution is -2.51. The summed E-state index contributed by atoms with van der Waals surface area (Å²) in [5, 5.41) is 7.23. The summed E-state index contributed by atoms with van der Waals surface area (Å²) in [6.45, 7) is 14.6. The second-order valence-corrected chi connectivity index (χ2v) is 9.13. The lowest BCUT2D eigenvalue weighted by molar-refractivity contribution is -0.0835. The smallest absolute Gasteiger partial charge is 0.191 e. The molecule has 0 aliphatic carbocycles. The molecule has 5 nitrogen and oxygen atoms in total. The maximum absolute atomic E-state index is 6.11. The number of unbranched alkanes of at least 4 members (excludes halogenated alkanes) is 1. The molecule has 27 heavy (non-hydrogen) atoms. The second kappa shape index (κ2) is 12.5. The summed E-state index contributed by atoms with van der Waals surface area (Å²) in [5.74, 6) is 1.51. The van der Waals surface area contributed by atoms with Crippen LogP contribution < -0.4 is 10.6 Å². The summed E-state index contributed by atoms with van der Waals surface area (Å²) >= 11 is 0. The standard InChI is InChI=1S/C21H42N4O.HI/c1-6-7-12-25-13-10-18(11-14-25)24-20(22-5)23-16-17-9-8-15-26-19(17)21(2,3)4;/h17-19H,6-16H2,1-5H3,(H2,22,23,24);1H. The average molecular weight is 495 g/mol. The van der Waals surface area contributed by atoms with E-state index in [9.17, 15) is 0 Å². The van der Waals surface area contributed by atoms with Gasteiger partial charge in [0, 0.05) is 45.2 Å². The maximum atomic E-state index is 6.11. The lowest BCUT2D eigenvalue weighted by atomic mass is 9.78. The number of nitrogens with one attached hydrogen (secondary N) is 2. The lowest BCUT2D eigenvalue weighted by Gasteiger charge is -2.40. The molecule has 2 aliphatic rings. The molecule has 0 aromatic carbocycles.